The van der Waals surface area contributed by atoms with E-state index < -0.39 is 27.8 Å². The Hall–Kier alpha value is -2.19. The summed E-state index contributed by atoms with van der Waals surface area (Å²) >= 11 is 3.32. The van der Waals surface area contributed by atoms with Crippen molar-refractivity contribution in [1.29, 1.82) is 0 Å². The summed E-state index contributed by atoms with van der Waals surface area (Å²) in [6, 6.07) is 10.2. The Morgan fingerprint density at radius 3 is 2.38 bits per heavy atom. The highest BCUT2D eigenvalue weighted by molar-refractivity contribution is 9.10. The first-order chi connectivity index (χ1) is 12.1. The minimum Gasteiger partial charge on any atom is -0.325 e. The zero-order valence-corrected chi connectivity index (χ0v) is 16.8. The second kappa shape index (κ2) is 6.51. The number of amides is 2. The second-order valence-electron chi connectivity index (χ2n) is 6.24. The maximum atomic E-state index is 12.8. The van der Waals surface area contributed by atoms with Crippen LogP contribution in [-0.2, 0) is 19.6 Å². The second-order valence-corrected chi connectivity index (χ2v) is 9.06. The average Bonchev–Trinajstić information content (AvgIpc) is 2.54. The first kappa shape index (κ1) is 18.6. The molecule has 6 nitrogen and oxygen atoms in total. The number of sulfonamides is 1. The maximum absolute atomic E-state index is 12.8. The number of nitrogens with one attached hydrogen (secondary N) is 1. The smallest absolute Gasteiger partial charge is 0.266 e. The van der Waals surface area contributed by atoms with Crippen LogP contribution in [0.4, 0.5) is 5.69 Å². The molecule has 2 amide bonds. The molecule has 0 aliphatic carbocycles. The molecule has 1 N–H and O–H groups in total. The van der Waals surface area contributed by atoms with E-state index in [0.717, 1.165) is 10.0 Å². The molecular weight excluding hydrogens is 420 g/mol. The molecule has 1 heterocycles. The number of halogens is 1. The van der Waals surface area contributed by atoms with E-state index in [-0.39, 0.29) is 10.5 Å². The molecule has 1 unspecified atom stereocenters. The van der Waals surface area contributed by atoms with Crippen LogP contribution in [-0.4, -0.2) is 31.6 Å². The third-order valence-electron chi connectivity index (χ3n) is 4.31. The lowest BCUT2D eigenvalue weighted by molar-refractivity contribution is -0.132. The van der Waals surface area contributed by atoms with Crippen LogP contribution in [0.25, 0.3) is 0 Å². The van der Waals surface area contributed by atoms with Crippen molar-refractivity contribution < 1.29 is 18.0 Å². The summed E-state index contributed by atoms with van der Waals surface area (Å²) in [5.41, 5.74) is 2.05. The monoisotopic (exact) mass is 436 g/mol. The molecule has 0 aromatic heterocycles. The number of anilines is 1. The number of fused-ring (bicyclic) bond motifs is 1. The van der Waals surface area contributed by atoms with Gasteiger partial charge in [-0.2, -0.15) is 0 Å². The van der Waals surface area contributed by atoms with Gasteiger partial charge < -0.3 is 5.32 Å². The standard InChI is InChI=1S/C18H17BrN2O4S/c1-10-8-11(2)16-14(9-10)15(18(23)21(3)26(16,24)25)17(22)20-13-6-4-12(19)5-7-13/h4-9,15H,1-3H3,(H,20,22). The fourth-order valence-electron chi connectivity index (χ4n) is 3.13. The van der Waals surface area contributed by atoms with Gasteiger partial charge in [-0.15, -0.1) is 0 Å². The molecule has 2 aromatic carbocycles. The van der Waals surface area contributed by atoms with Crippen LogP contribution in [0.2, 0.25) is 0 Å². The SMILES string of the molecule is Cc1cc(C)c2c(c1)C(C(=O)Nc1ccc(Br)cc1)C(=O)N(C)S2(=O)=O. The Labute approximate surface area is 160 Å². The maximum Gasteiger partial charge on any atom is 0.266 e. The predicted molar refractivity (Wildman–Crippen MR) is 101 cm³/mol. The summed E-state index contributed by atoms with van der Waals surface area (Å²) in [6.45, 7) is 3.46. The molecule has 8 heteroatoms. The van der Waals surface area contributed by atoms with Gasteiger partial charge in [0.2, 0.25) is 5.91 Å². The molecule has 136 valence electrons. The number of rotatable bonds is 2. The van der Waals surface area contributed by atoms with Crippen molar-refractivity contribution >= 4 is 43.5 Å². The molecule has 0 saturated carbocycles. The van der Waals surface area contributed by atoms with E-state index in [0.29, 0.717) is 15.6 Å². The molecule has 0 fully saturated rings. The summed E-state index contributed by atoms with van der Waals surface area (Å²) in [7, 11) is -2.78. The Morgan fingerprint density at radius 2 is 1.77 bits per heavy atom. The fourth-order valence-corrected chi connectivity index (χ4v) is 4.95. The van der Waals surface area contributed by atoms with Crippen molar-refractivity contribution in [3.8, 4) is 0 Å². The lowest BCUT2D eigenvalue weighted by atomic mass is 9.93. The topological polar surface area (TPSA) is 83.6 Å². The van der Waals surface area contributed by atoms with E-state index in [1.165, 1.54) is 7.05 Å². The predicted octanol–water partition coefficient (Wildman–Crippen LogP) is 2.95. The van der Waals surface area contributed by atoms with Crippen molar-refractivity contribution in [1.82, 2.24) is 4.31 Å². The van der Waals surface area contributed by atoms with Crippen LogP contribution in [0.5, 0.6) is 0 Å². The molecule has 1 atom stereocenters. The van der Waals surface area contributed by atoms with Crippen molar-refractivity contribution in [3.63, 3.8) is 0 Å². The highest BCUT2D eigenvalue weighted by Crippen LogP contribution is 2.37. The highest BCUT2D eigenvalue weighted by Gasteiger charge is 2.45. The number of carbonyl (C=O) groups is 2. The van der Waals surface area contributed by atoms with Crippen LogP contribution in [0, 0.1) is 13.8 Å². The van der Waals surface area contributed by atoms with Crippen LogP contribution >= 0.6 is 15.9 Å². The third-order valence-corrected chi connectivity index (χ3v) is 6.81. The van der Waals surface area contributed by atoms with Crippen LogP contribution < -0.4 is 5.32 Å². The van der Waals surface area contributed by atoms with Crippen molar-refractivity contribution in [2.75, 3.05) is 12.4 Å². The Balaban J connectivity index is 2.11. The van der Waals surface area contributed by atoms with Gasteiger partial charge in [0.15, 0.2) is 0 Å². The van der Waals surface area contributed by atoms with E-state index in [2.05, 4.69) is 21.2 Å². The zero-order chi connectivity index (χ0) is 19.2. The van der Waals surface area contributed by atoms with Gasteiger partial charge in [-0.3, -0.25) is 9.59 Å². The number of aryl methyl sites for hydroxylation is 2. The third kappa shape index (κ3) is 3.03. The van der Waals surface area contributed by atoms with Gasteiger partial charge in [-0.25, -0.2) is 12.7 Å². The van der Waals surface area contributed by atoms with Crippen LogP contribution in [0.1, 0.15) is 22.6 Å². The molecule has 0 bridgehead atoms. The number of hydrogen-bond donors (Lipinski definition) is 1. The summed E-state index contributed by atoms with van der Waals surface area (Å²) in [5, 5.41) is 2.69. The van der Waals surface area contributed by atoms with E-state index in [1.54, 1.807) is 50.2 Å². The summed E-state index contributed by atoms with van der Waals surface area (Å²) in [4.78, 5) is 25.6. The lowest BCUT2D eigenvalue weighted by Gasteiger charge is -2.31. The normalized spacial score (nSPS) is 18.4. The molecule has 2 aromatic rings. The molecule has 0 spiro atoms. The highest BCUT2D eigenvalue weighted by atomic mass is 79.9. The van der Waals surface area contributed by atoms with E-state index in [1.807, 2.05) is 0 Å². The van der Waals surface area contributed by atoms with Gasteiger partial charge in [-0.05, 0) is 49.2 Å². The van der Waals surface area contributed by atoms with Crippen molar-refractivity contribution in [2.45, 2.75) is 24.7 Å². The number of nitrogens with zero attached hydrogens (tertiary/aromatic N) is 1. The minimum atomic E-state index is -3.96. The largest absolute Gasteiger partial charge is 0.325 e. The molecular formula is C18H17BrN2O4S. The minimum absolute atomic E-state index is 0.0288. The molecule has 1 aliphatic rings. The first-order valence-corrected chi connectivity index (χ1v) is 10.1. The first-order valence-electron chi connectivity index (χ1n) is 7.83. The quantitative estimate of drug-likeness (QED) is 0.733. The number of likely N-dealkylation sites (N-methyl/N-ethyl adjacent to an activating group) is 1. The van der Waals surface area contributed by atoms with E-state index in [4.69, 9.17) is 0 Å². The van der Waals surface area contributed by atoms with E-state index >= 15 is 0 Å². The van der Waals surface area contributed by atoms with Gasteiger partial charge in [-0.1, -0.05) is 33.6 Å². The van der Waals surface area contributed by atoms with Crippen LogP contribution in [0.3, 0.4) is 0 Å². The fraction of sp³-hybridized carbons (Fsp3) is 0.222. The zero-order valence-electron chi connectivity index (χ0n) is 14.4. The molecule has 0 radical (unpaired) electrons. The number of benzene rings is 2. The summed E-state index contributed by atoms with van der Waals surface area (Å²) in [5.74, 6) is -2.55. The lowest BCUT2D eigenvalue weighted by Crippen LogP contribution is -2.46. The Bertz CT molecular complexity index is 1020. The molecule has 0 saturated heterocycles. The summed E-state index contributed by atoms with van der Waals surface area (Å²) < 4.78 is 26.9. The summed E-state index contributed by atoms with van der Waals surface area (Å²) in [6.07, 6.45) is 0. The van der Waals surface area contributed by atoms with Crippen LogP contribution in [0.15, 0.2) is 45.8 Å². The molecule has 26 heavy (non-hydrogen) atoms. The van der Waals surface area contributed by atoms with E-state index in [9.17, 15) is 18.0 Å². The molecule has 1 aliphatic heterocycles. The average molecular weight is 437 g/mol. The van der Waals surface area contributed by atoms with Gasteiger partial charge in [0.05, 0.1) is 4.90 Å². The van der Waals surface area contributed by atoms with Crippen molar-refractivity contribution in [3.05, 3.63) is 57.6 Å². The molecule has 3 rings (SSSR count). The number of hydrogen-bond acceptors (Lipinski definition) is 4. The van der Waals surface area contributed by atoms with Gasteiger partial charge in [0.25, 0.3) is 15.9 Å². The Kier molecular flexibility index (Phi) is 4.66. The van der Waals surface area contributed by atoms with Gasteiger partial charge in [0, 0.05) is 17.2 Å². The Morgan fingerprint density at radius 1 is 1.15 bits per heavy atom. The number of carbonyl (C=O) groups excluding carboxylic acids is 2. The van der Waals surface area contributed by atoms with Gasteiger partial charge >= 0.3 is 0 Å². The van der Waals surface area contributed by atoms with Gasteiger partial charge in [0.1, 0.15) is 5.92 Å². The van der Waals surface area contributed by atoms with Crippen molar-refractivity contribution in [2.24, 2.45) is 0 Å².